The summed E-state index contributed by atoms with van der Waals surface area (Å²) >= 11 is 0. The molecule has 0 aromatic rings. The van der Waals surface area contributed by atoms with E-state index in [1.54, 1.807) is 0 Å². The van der Waals surface area contributed by atoms with Crippen LogP contribution in [0.25, 0.3) is 0 Å². The average Bonchev–Trinajstić information content (AvgIpc) is 2.42. The molecule has 2 unspecified atom stereocenters. The van der Waals surface area contributed by atoms with E-state index in [2.05, 4.69) is 12.2 Å². The van der Waals surface area contributed by atoms with Gasteiger partial charge in [-0.1, -0.05) is 26.2 Å². The fourth-order valence-corrected chi connectivity index (χ4v) is 3.47. The minimum absolute atomic E-state index is 0.761. The molecule has 0 bridgehead atoms. The van der Waals surface area contributed by atoms with Gasteiger partial charge in [-0.05, 0) is 43.9 Å². The van der Waals surface area contributed by atoms with Gasteiger partial charge in [0.1, 0.15) is 0 Å². The monoisotopic (exact) mass is 239 g/mol. The molecule has 100 valence electrons. The molecule has 0 amide bonds. The van der Waals surface area contributed by atoms with Crippen LogP contribution in [-0.2, 0) is 4.74 Å². The Morgan fingerprint density at radius 1 is 1.12 bits per heavy atom. The molecule has 1 aliphatic carbocycles. The first-order valence-electron chi connectivity index (χ1n) is 7.71. The van der Waals surface area contributed by atoms with Gasteiger partial charge in [0, 0.05) is 19.2 Å². The van der Waals surface area contributed by atoms with Crippen LogP contribution in [0.1, 0.15) is 58.3 Å². The van der Waals surface area contributed by atoms with Crippen molar-refractivity contribution in [2.45, 2.75) is 64.3 Å². The Bertz CT molecular complexity index is 195. The zero-order valence-electron chi connectivity index (χ0n) is 11.4. The molecular formula is C15H29NO. The van der Waals surface area contributed by atoms with Crippen LogP contribution < -0.4 is 5.32 Å². The summed E-state index contributed by atoms with van der Waals surface area (Å²) in [6.45, 7) is 5.48. The highest BCUT2D eigenvalue weighted by molar-refractivity contribution is 4.79. The SMILES string of the molecule is CCC(NCC1CCCOC1)C1CCCCC1. The van der Waals surface area contributed by atoms with E-state index in [0.717, 1.165) is 31.1 Å². The Balaban J connectivity index is 1.70. The van der Waals surface area contributed by atoms with Crippen molar-refractivity contribution in [2.75, 3.05) is 19.8 Å². The van der Waals surface area contributed by atoms with Crippen molar-refractivity contribution >= 4 is 0 Å². The second-order valence-electron chi connectivity index (χ2n) is 5.90. The van der Waals surface area contributed by atoms with Gasteiger partial charge in [0.15, 0.2) is 0 Å². The van der Waals surface area contributed by atoms with Crippen molar-refractivity contribution in [2.24, 2.45) is 11.8 Å². The maximum Gasteiger partial charge on any atom is 0.0506 e. The Morgan fingerprint density at radius 3 is 2.59 bits per heavy atom. The summed E-state index contributed by atoms with van der Waals surface area (Å²) in [6.07, 6.45) is 11.2. The van der Waals surface area contributed by atoms with E-state index in [1.807, 2.05) is 0 Å². The molecular weight excluding hydrogens is 210 g/mol. The van der Waals surface area contributed by atoms with Gasteiger partial charge in [0.25, 0.3) is 0 Å². The van der Waals surface area contributed by atoms with Gasteiger partial charge >= 0.3 is 0 Å². The highest BCUT2D eigenvalue weighted by atomic mass is 16.5. The first-order valence-corrected chi connectivity index (χ1v) is 7.71. The maximum atomic E-state index is 5.55. The molecule has 1 saturated heterocycles. The topological polar surface area (TPSA) is 21.3 Å². The lowest BCUT2D eigenvalue weighted by Gasteiger charge is -2.32. The molecule has 0 aromatic heterocycles. The molecule has 2 nitrogen and oxygen atoms in total. The lowest BCUT2D eigenvalue weighted by molar-refractivity contribution is 0.0523. The molecule has 0 aromatic carbocycles. The van der Waals surface area contributed by atoms with E-state index in [4.69, 9.17) is 4.74 Å². The summed E-state index contributed by atoms with van der Waals surface area (Å²) < 4.78 is 5.55. The molecule has 1 saturated carbocycles. The largest absolute Gasteiger partial charge is 0.381 e. The van der Waals surface area contributed by atoms with E-state index >= 15 is 0 Å². The number of ether oxygens (including phenoxy) is 1. The van der Waals surface area contributed by atoms with Gasteiger partial charge < -0.3 is 10.1 Å². The van der Waals surface area contributed by atoms with E-state index in [9.17, 15) is 0 Å². The number of nitrogens with one attached hydrogen (secondary N) is 1. The van der Waals surface area contributed by atoms with Gasteiger partial charge in [-0.3, -0.25) is 0 Å². The summed E-state index contributed by atoms with van der Waals surface area (Å²) in [6, 6.07) is 0.761. The molecule has 2 rings (SSSR count). The first-order chi connectivity index (χ1) is 8.40. The van der Waals surface area contributed by atoms with Crippen molar-refractivity contribution in [3.05, 3.63) is 0 Å². The van der Waals surface area contributed by atoms with Crippen LogP contribution in [0.3, 0.4) is 0 Å². The van der Waals surface area contributed by atoms with Crippen molar-refractivity contribution < 1.29 is 4.74 Å². The molecule has 0 spiro atoms. The van der Waals surface area contributed by atoms with E-state index in [0.29, 0.717) is 0 Å². The molecule has 2 aliphatic rings. The van der Waals surface area contributed by atoms with E-state index in [-0.39, 0.29) is 0 Å². The van der Waals surface area contributed by atoms with Crippen LogP contribution in [0.4, 0.5) is 0 Å². The van der Waals surface area contributed by atoms with E-state index in [1.165, 1.54) is 57.9 Å². The smallest absolute Gasteiger partial charge is 0.0506 e. The average molecular weight is 239 g/mol. The quantitative estimate of drug-likeness (QED) is 0.794. The Labute approximate surface area is 107 Å². The van der Waals surface area contributed by atoms with Gasteiger partial charge in [-0.25, -0.2) is 0 Å². The normalized spacial score (nSPS) is 29.1. The zero-order chi connectivity index (χ0) is 11.9. The Kier molecular flexibility index (Phi) is 5.79. The number of rotatable bonds is 5. The van der Waals surface area contributed by atoms with Crippen molar-refractivity contribution in [3.63, 3.8) is 0 Å². The molecule has 1 aliphatic heterocycles. The lowest BCUT2D eigenvalue weighted by Crippen LogP contribution is -2.41. The third kappa shape index (κ3) is 4.26. The summed E-state index contributed by atoms with van der Waals surface area (Å²) in [4.78, 5) is 0. The predicted octanol–water partition coefficient (Wildman–Crippen LogP) is 3.36. The highest BCUT2D eigenvalue weighted by Gasteiger charge is 2.23. The summed E-state index contributed by atoms with van der Waals surface area (Å²) in [7, 11) is 0. The van der Waals surface area contributed by atoms with Crippen LogP contribution in [0.15, 0.2) is 0 Å². The summed E-state index contributed by atoms with van der Waals surface area (Å²) in [5.41, 5.74) is 0. The number of hydrogen-bond donors (Lipinski definition) is 1. The fourth-order valence-electron chi connectivity index (χ4n) is 3.47. The van der Waals surface area contributed by atoms with Gasteiger partial charge in [-0.2, -0.15) is 0 Å². The summed E-state index contributed by atoms with van der Waals surface area (Å²) in [5, 5.41) is 3.83. The minimum Gasteiger partial charge on any atom is -0.381 e. The van der Waals surface area contributed by atoms with Gasteiger partial charge in [0.2, 0.25) is 0 Å². The minimum atomic E-state index is 0.761. The number of hydrogen-bond acceptors (Lipinski definition) is 2. The zero-order valence-corrected chi connectivity index (χ0v) is 11.4. The molecule has 17 heavy (non-hydrogen) atoms. The van der Waals surface area contributed by atoms with Gasteiger partial charge in [0.05, 0.1) is 6.61 Å². The molecule has 2 atom stereocenters. The second-order valence-corrected chi connectivity index (χ2v) is 5.90. The molecule has 1 heterocycles. The summed E-state index contributed by atoms with van der Waals surface area (Å²) in [5.74, 6) is 1.71. The molecule has 1 N–H and O–H groups in total. The Hall–Kier alpha value is -0.0800. The fraction of sp³-hybridized carbons (Fsp3) is 1.00. The van der Waals surface area contributed by atoms with Gasteiger partial charge in [-0.15, -0.1) is 0 Å². The second kappa shape index (κ2) is 7.38. The van der Waals surface area contributed by atoms with Crippen molar-refractivity contribution in [1.29, 1.82) is 0 Å². The molecule has 2 fully saturated rings. The lowest BCUT2D eigenvalue weighted by atomic mass is 9.82. The standard InChI is InChI=1S/C15H29NO/c1-2-15(14-8-4-3-5-9-14)16-11-13-7-6-10-17-12-13/h13-16H,2-12H2,1H3. The maximum absolute atomic E-state index is 5.55. The van der Waals surface area contributed by atoms with Crippen LogP contribution in [0.2, 0.25) is 0 Å². The first kappa shape index (κ1) is 13.4. The molecule has 2 heteroatoms. The predicted molar refractivity (Wildman–Crippen MR) is 72.2 cm³/mol. The highest BCUT2D eigenvalue weighted by Crippen LogP contribution is 2.28. The molecule has 0 radical (unpaired) electrons. The van der Waals surface area contributed by atoms with Crippen LogP contribution in [-0.4, -0.2) is 25.8 Å². The van der Waals surface area contributed by atoms with Crippen molar-refractivity contribution in [1.82, 2.24) is 5.32 Å². The van der Waals surface area contributed by atoms with Crippen LogP contribution >= 0.6 is 0 Å². The third-order valence-corrected chi connectivity index (χ3v) is 4.58. The van der Waals surface area contributed by atoms with E-state index < -0.39 is 0 Å². The third-order valence-electron chi connectivity index (χ3n) is 4.58. The van der Waals surface area contributed by atoms with Crippen molar-refractivity contribution in [3.8, 4) is 0 Å². The van der Waals surface area contributed by atoms with Crippen LogP contribution in [0.5, 0.6) is 0 Å². The van der Waals surface area contributed by atoms with Crippen LogP contribution in [0, 0.1) is 11.8 Å². The Morgan fingerprint density at radius 2 is 1.94 bits per heavy atom.